The molecule has 1 saturated heterocycles. The minimum Gasteiger partial charge on any atom is -0.337 e. The molecule has 0 spiro atoms. The highest BCUT2D eigenvalue weighted by atomic mass is 35.5. The molecule has 2 fully saturated rings. The molecule has 31 heavy (non-hydrogen) atoms. The Morgan fingerprint density at radius 1 is 1.16 bits per heavy atom. The van der Waals surface area contributed by atoms with Crippen LogP contribution in [0.2, 0.25) is 5.02 Å². The molecule has 1 aromatic carbocycles. The number of piperazine rings is 1. The number of benzene rings is 1. The fraction of sp³-hybridized carbons (Fsp3) is 0.680. The highest BCUT2D eigenvalue weighted by molar-refractivity contribution is 6.31. The van der Waals surface area contributed by atoms with E-state index in [2.05, 4.69) is 42.8 Å². The summed E-state index contributed by atoms with van der Waals surface area (Å²) in [6.45, 7) is 13.6. The predicted octanol–water partition coefficient (Wildman–Crippen LogP) is 5.25. The fourth-order valence-electron chi connectivity index (χ4n) is 4.86. The molecule has 1 heterocycles. The van der Waals surface area contributed by atoms with Crippen molar-refractivity contribution in [2.45, 2.75) is 79.3 Å². The summed E-state index contributed by atoms with van der Waals surface area (Å²) >= 11 is 6.40. The first-order chi connectivity index (χ1) is 14.5. The first-order valence-electron chi connectivity index (χ1n) is 11.7. The van der Waals surface area contributed by atoms with Crippen LogP contribution in [-0.2, 0) is 16.1 Å². The smallest absolute Gasteiger partial charge is 0.226 e. The van der Waals surface area contributed by atoms with Crippen LogP contribution in [-0.4, -0.2) is 47.3 Å². The normalized spacial score (nSPS) is 20.8. The number of hydrogen-bond acceptors (Lipinski definition) is 3. The van der Waals surface area contributed by atoms with Gasteiger partial charge in [-0.05, 0) is 55.4 Å². The minimum atomic E-state index is -0.0643. The van der Waals surface area contributed by atoms with Gasteiger partial charge in [0.2, 0.25) is 11.8 Å². The van der Waals surface area contributed by atoms with Crippen molar-refractivity contribution in [3.63, 3.8) is 0 Å². The molecular weight excluding hydrogens is 410 g/mol. The molecule has 1 saturated carbocycles. The predicted molar refractivity (Wildman–Crippen MR) is 127 cm³/mol. The second kappa shape index (κ2) is 9.91. The van der Waals surface area contributed by atoms with Gasteiger partial charge in [-0.15, -0.1) is 0 Å². The van der Waals surface area contributed by atoms with E-state index in [4.69, 9.17) is 11.6 Å². The third-order valence-corrected chi connectivity index (χ3v) is 6.76. The lowest BCUT2D eigenvalue weighted by Crippen LogP contribution is -2.54. The monoisotopic (exact) mass is 447 g/mol. The second-order valence-corrected chi connectivity index (χ2v) is 11.1. The average Bonchev–Trinajstić information content (AvgIpc) is 3.18. The van der Waals surface area contributed by atoms with Gasteiger partial charge in [-0.3, -0.25) is 14.5 Å². The van der Waals surface area contributed by atoms with Crippen LogP contribution in [0.15, 0.2) is 12.1 Å². The van der Waals surface area contributed by atoms with E-state index in [1.165, 1.54) is 12.8 Å². The number of carbonyl (C=O) groups excluding carboxylic acids is 2. The lowest BCUT2D eigenvalue weighted by Gasteiger charge is -2.41. The highest BCUT2D eigenvalue weighted by Crippen LogP contribution is 2.30. The molecule has 0 radical (unpaired) electrons. The van der Waals surface area contributed by atoms with Crippen LogP contribution in [0.25, 0.3) is 0 Å². The molecule has 2 aliphatic rings. The number of anilines is 1. The van der Waals surface area contributed by atoms with Gasteiger partial charge in [-0.25, -0.2) is 0 Å². The van der Waals surface area contributed by atoms with E-state index in [1.807, 2.05) is 19.1 Å². The summed E-state index contributed by atoms with van der Waals surface area (Å²) in [7, 11) is 0. The number of nitrogens with zero attached hydrogens (tertiary/aromatic N) is 2. The average molecular weight is 448 g/mol. The van der Waals surface area contributed by atoms with Crippen molar-refractivity contribution in [2.75, 3.05) is 25.0 Å². The molecule has 6 heteroatoms. The number of rotatable bonds is 5. The third kappa shape index (κ3) is 6.45. The minimum absolute atomic E-state index is 0.0106. The van der Waals surface area contributed by atoms with Crippen LogP contribution in [0.4, 0.5) is 5.69 Å². The Balaban J connectivity index is 1.64. The first-order valence-corrected chi connectivity index (χ1v) is 12.0. The molecule has 1 aromatic rings. The second-order valence-electron chi connectivity index (χ2n) is 10.6. The van der Waals surface area contributed by atoms with Crippen molar-refractivity contribution in [3.8, 4) is 0 Å². The Bertz CT molecular complexity index is 812. The van der Waals surface area contributed by atoms with Crippen molar-refractivity contribution in [1.82, 2.24) is 9.80 Å². The van der Waals surface area contributed by atoms with Crippen LogP contribution in [0, 0.1) is 18.3 Å². The SMILES string of the molecule is Cc1c(CN2CCN(C(=O)C3CCCC3)[C@@H](C)C2)cc(Cl)cc1NC(=O)CC(C)(C)C. The van der Waals surface area contributed by atoms with Gasteiger partial charge < -0.3 is 10.2 Å². The summed E-state index contributed by atoms with van der Waals surface area (Å²) in [6.07, 6.45) is 4.94. The van der Waals surface area contributed by atoms with E-state index < -0.39 is 0 Å². The highest BCUT2D eigenvalue weighted by Gasteiger charge is 2.33. The van der Waals surface area contributed by atoms with Gasteiger partial charge in [0.15, 0.2) is 0 Å². The van der Waals surface area contributed by atoms with E-state index in [0.717, 1.165) is 55.8 Å². The van der Waals surface area contributed by atoms with Crippen molar-refractivity contribution in [3.05, 3.63) is 28.3 Å². The van der Waals surface area contributed by atoms with Crippen molar-refractivity contribution >= 4 is 29.1 Å². The summed E-state index contributed by atoms with van der Waals surface area (Å²) in [5.41, 5.74) is 2.91. The van der Waals surface area contributed by atoms with Crippen LogP contribution in [0.5, 0.6) is 0 Å². The largest absolute Gasteiger partial charge is 0.337 e. The topological polar surface area (TPSA) is 52.6 Å². The van der Waals surface area contributed by atoms with Gasteiger partial charge in [-0.1, -0.05) is 45.2 Å². The Labute approximate surface area is 192 Å². The Kier molecular flexibility index (Phi) is 7.69. The molecule has 2 amide bonds. The van der Waals surface area contributed by atoms with E-state index in [9.17, 15) is 9.59 Å². The molecule has 1 aliphatic heterocycles. The van der Waals surface area contributed by atoms with Gasteiger partial charge in [0, 0.05) is 55.3 Å². The number of hydrogen-bond donors (Lipinski definition) is 1. The Hall–Kier alpha value is -1.59. The van der Waals surface area contributed by atoms with Crippen molar-refractivity contribution in [2.24, 2.45) is 11.3 Å². The quantitative estimate of drug-likeness (QED) is 0.670. The number of nitrogens with one attached hydrogen (secondary N) is 1. The lowest BCUT2D eigenvalue weighted by atomic mass is 9.92. The zero-order valence-electron chi connectivity index (χ0n) is 19.8. The maximum atomic E-state index is 12.9. The van der Waals surface area contributed by atoms with Gasteiger partial charge in [0.25, 0.3) is 0 Å². The molecule has 1 N–H and O–H groups in total. The molecule has 0 unspecified atom stereocenters. The molecule has 172 valence electrons. The summed E-state index contributed by atoms with van der Waals surface area (Å²) in [6, 6.07) is 4.05. The molecule has 0 bridgehead atoms. The third-order valence-electron chi connectivity index (χ3n) is 6.54. The van der Waals surface area contributed by atoms with Gasteiger partial charge in [0.05, 0.1) is 0 Å². The first kappa shape index (κ1) is 24.1. The maximum Gasteiger partial charge on any atom is 0.226 e. The lowest BCUT2D eigenvalue weighted by molar-refractivity contribution is -0.140. The molecule has 0 aromatic heterocycles. The summed E-state index contributed by atoms with van der Waals surface area (Å²) < 4.78 is 0. The fourth-order valence-corrected chi connectivity index (χ4v) is 5.10. The number of halogens is 1. The van der Waals surface area contributed by atoms with E-state index in [1.54, 1.807) is 0 Å². The Morgan fingerprint density at radius 3 is 2.45 bits per heavy atom. The van der Waals surface area contributed by atoms with Crippen LogP contribution < -0.4 is 5.32 Å². The van der Waals surface area contributed by atoms with Gasteiger partial charge in [-0.2, -0.15) is 0 Å². The van der Waals surface area contributed by atoms with Crippen LogP contribution >= 0.6 is 11.6 Å². The molecular formula is C25H38ClN3O2. The molecule has 5 nitrogen and oxygen atoms in total. The molecule has 3 rings (SSSR count). The molecule has 1 atom stereocenters. The van der Waals surface area contributed by atoms with Crippen LogP contribution in [0.3, 0.4) is 0 Å². The maximum absolute atomic E-state index is 12.9. The van der Waals surface area contributed by atoms with Crippen molar-refractivity contribution < 1.29 is 9.59 Å². The number of amides is 2. The van der Waals surface area contributed by atoms with Gasteiger partial charge >= 0.3 is 0 Å². The standard InChI is InChI=1S/C25H38ClN3O2/c1-17-15-28(10-11-29(17)24(31)19-8-6-7-9-19)16-20-12-21(26)13-22(18(20)2)27-23(30)14-25(3,4)5/h12-13,17,19H,6-11,14-16H2,1-5H3,(H,27,30)/t17-/m0/s1. The summed E-state index contributed by atoms with van der Waals surface area (Å²) in [4.78, 5) is 29.8. The van der Waals surface area contributed by atoms with E-state index in [-0.39, 0.29) is 23.3 Å². The molecule has 1 aliphatic carbocycles. The van der Waals surface area contributed by atoms with Crippen LogP contribution in [0.1, 0.15) is 70.9 Å². The zero-order valence-corrected chi connectivity index (χ0v) is 20.5. The van der Waals surface area contributed by atoms with E-state index >= 15 is 0 Å². The number of carbonyl (C=O) groups is 2. The Morgan fingerprint density at radius 2 is 1.84 bits per heavy atom. The van der Waals surface area contributed by atoms with E-state index in [0.29, 0.717) is 17.4 Å². The zero-order chi connectivity index (χ0) is 22.8. The van der Waals surface area contributed by atoms with Gasteiger partial charge in [0.1, 0.15) is 0 Å². The summed E-state index contributed by atoms with van der Waals surface area (Å²) in [5, 5.41) is 3.69. The van der Waals surface area contributed by atoms with Crippen molar-refractivity contribution in [1.29, 1.82) is 0 Å². The summed E-state index contributed by atoms with van der Waals surface area (Å²) in [5.74, 6) is 0.604.